The van der Waals surface area contributed by atoms with Gasteiger partial charge in [0.2, 0.25) is 0 Å². The Balaban J connectivity index is 2.90. The van der Waals surface area contributed by atoms with Crippen molar-refractivity contribution in [1.29, 1.82) is 0 Å². The van der Waals surface area contributed by atoms with Crippen LogP contribution in [0, 0.1) is 5.41 Å². The van der Waals surface area contributed by atoms with Gasteiger partial charge in [0.25, 0.3) is 6.10 Å². The van der Waals surface area contributed by atoms with E-state index in [9.17, 15) is 35.9 Å². The second-order valence-electron chi connectivity index (χ2n) is 7.15. The molecule has 152 valence electrons. The van der Waals surface area contributed by atoms with Crippen LogP contribution in [-0.4, -0.2) is 36.0 Å². The van der Waals surface area contributed by atoms with Gasteiger partial charge < -0.3 is 9.47 Å². The molecule has 0 aromatic heterocycles. The molecule has 1 rings (SSSR count). The number of hydrogen-bond acceptors (Lipinski definition) is 4. The van der Waals surface area contributed by atoms with E-state index in [1.165, 1.54) is 0 Å². The average Bonchev–Trinajstić information content (AvgIpc) is 2.90. The minimum absolute atomic E-state index is 0.177. The Morgan fingerprint density at radius 2 is 1.46 bits per heavy atom. The first kappa shape index (κ1) is 22.6. The summed E-state index contributed by atoms with van der Waals surface area (Å²) >= 11 is 0. The molecule has 0 atom stereocenters. The monoisotopic (exact) mass is 392 g/mol. The van der Waals surface area contributed by atoms with E-state index < -0.39 is 47.8 Å². The summed E-state index contributed by atoms with van der Waals surface area (Å²) in [6.45, 7) is 4.92. The van der Waals surface area contributed by atoms with E-state index >= 15 is 0 Å². The summed E-state index contributed by atoms with van der Waals surface area (Å²) in [7, 11) is 0. The van der Waals surface area contributed by atoms with Crippen molar-refractivity contribution >= 4 is 11.9 Å². The number of esters is 2. The van der Waals surface area contributed by atoms with Crippen molar-refractivity contribution in [2.45, 2.75) is 83.4 Å². The largest absolute Gasteiger partial charge is 0.458 e. The molecule has 0 saturated heterocycles. The molecule has 10 heteroatoms. The number of ether oxygens (including phenoxy) is 2. The van der Waals surface area contributed by atoms with E-state index in [0.29, 0.717) is 19.3 Å². The van der Waals surface area contributed by atoms with Gasteiger partial charge in [-0.15, -0.1) is 0 Å². The van der Waals surface area contributed by atoms with Crippen molar-refractivity contribution < 1.29 is 45.4 Å². The molecule has 0 bridgehead atoms. The van der Waals surface area contributed by atoms with Gasteiger partial charge >= 0.3 is 24.3 Å². The van der Waals surface area contributed by atoms with Crippen LogP contribution in [0.15, 0.2) is 0 Å². The molecule has 1 fully saturated rings. The summed E-state index contributed by atoms with van der Waals surface area (Å²) < 4.78 is 84.1. The summed E-state index contributed by atoms with van der Waals surface area (Å²) in [6.07, 6.45) is -14.8. The van der Waals surface area contributed by atoms with Gasteiger partial charge in [-0.25, -0.2) is 0 Å². The minimum Gasteiger partial charge on any atom is -0.458 e. The fourth-order valence-corrected chi connectivity index (χ4v) is 2.57. The van der Waals surface area contributed by atoms with E-state index in [-0.39, 0.29) is 12.8 Å². The number of alkyl halides is 6. The van der Waals surface area contributed by atoms with Gasteiger partial charge in [-0.3, -0.25) is 9.59 Å². The predicted molar refractivity (Wildman–Crippen MR) is 78.0 cm³/mol. The lowest BCUT2D eigenvalue weighted by molar-refractivity contribution is -0.314. The summed E-state index contributed by atoms with van der Waals surface area (Å²) in [5.41, 5.74) is -2.32. The first-order chi connectivity index (χ1) is 11.6. The van der Waals surface area contributed by atoms with Crippen molar-refractivity contribution in [3.05, 3.63) is 0 Å². The van der Waals surface area contributed by atoms with Gasteiger partial charge in [0.05, 0.1) is 11.8 Å². The zero-order valence-electron chi connectivity index (χ0n) is 14.7. The van der Waals surface area contributed by atoms with Gasteiger partial charge in [-0.05, 0) is 46.0 Å². The summed E-state index contributed by atoms with van der Waals surface area (Å²) in [4.78, 5) is 24.0. The highest BCUT2D eigenvalue weighted by atomic mass is 19.4. The van der Waals surface area contributed by atoms with Gasteiger partial charge in [0.1, 0.15) is 5.60 Å². The van der Waals surface area contributed by atoms with Gasteiger partial charge in [-0.1, -0.05) is 6.92 Å². The van der Waals surface area contributed by atoms with Crippen molar-refractivity contribution in [3.8, 4) is 0 Å². The van der Waals surface area contributed by atoms with Crippen LogP contribution in [0.3, 0.4) is 0 Å². The standard InChI is InChI=1S/C16H22F6O4/c1-4-13(2,3)12(24)26-14(7-5-6-8-14)9-10(23)25-11(15(17,18)19)16(20,21)22/h11H,4-9H2,1-3H3. The van der Waals surface area contributed by atoms with E-state index in [1.54, 1.807) is 20.8 Å². The molecule has 1 saturated carbocycles. The number of hydrogen-bond donors (Lipinski definition) is 0. The van der Waals surface area contributed by atoms with E-state index in [1.807, 2.05) is 0 Å². The zero-order valence-corrected chi connectivity index (χ0v) is 14.7. The Labute approximate surface area is 147 Å². The maximum atomic E-state index is 12.5. The van der Waals surface area contributed by atoms with Crippen LogP contribution in [0.4, 0.5) is 26.3 Å². The predicted octanol–water partition coefficient (Wildman–Crippen LogP) is 4.71. The lowest BCUT2D eigenvalue weighted by atomic mass is 9.89. The number of carbonyl (C=O) groups excluding carboxylic acids is 2. The van der Waals surface area contributed by atoms with Crippen LogP contribution in [0.5, 0.6) is 0 Å². The maximum absolute atomic E-state index is 12.5. The highest BCUT2D eigenvalue weighted by Gasteiger charge is 2.60. The molecule has 0 aromatic rings. The molecule has 0 radical (unpaired) electrons. The molecule has 4 nitrogen and oxygen atoms in total. The molecule has 1 aliphatic rings. The highest BCUT2D eigenvalue weighted by Crippen LogP contribution is 2.40. The molecule has 0 aromatic carbocycles. The number of halogens is 6. The Morgan fingerprint density at radius 1 is 1.00 bits per heavy atom. The fraction of sp³-hybridized carbons (Fsp3) is 0.875. The smallest absolute Gasteiger partial charge is 0.434 e. The van der Waals surface area contributed by atoms with Gasteiger partial charge in [0.15, 0.2) is 0 Å². The molecule has 0 heterocycles. The Morgan fingerprint density at radius 3 is 1.85 bits per heavy atom. The summed E-state index contributed by atoms with van der Waals surface area (Å²) in [6, 6.07) is 0. The molecule has 0 aliphatic heterocycles. The van der Waals surface area contributed by atoms with E-state index in [2.05, 4.69) is 4.74 Å². The van der Waals surface area contributed by atoms with E-state index in [4.69, 9.17) is 4.74 Å². The molecule has 0 unspecified atom stereocenters. The molecule has 1 aliphatic carbocycles. The van der Waals surface area contributed by atoms with Crippen molar-refractivity contribution in [3.63, 3.8) is 0 Å². The highest BCUT2D eigenvalue weighted by molar-refractivity contribution is 5.77. The van der Waals surface area contributed by atoms with Gasteiger partial charge in [-0.2, -0.15) is 26.3 Å². The first-order valence-corrected chi connectivity index (χ1v) is 8.19. The second kappa shape index (κ2) is 7.64. The minimum atomic E-state index is -5.78. The van der Waals surface area contributed by atoms with Crippen LogP contribution in [0.1, 0.15) is 59.3 Å². The van der Waals surface area contributed by atoms with Crippen molar-refractivity contribution in [1.82, 2.24) is 0 Å². The van der Waals surface area contributed by atoms with Gasteiger partial charge in [0, 0.05) is 0 Å². The third kappa shape index (κ3) is 5.77. The lowest BCUT2D eigenvalue weighted by Gasteiger charge is -2.33. The molecular weight excluding hydrogens is 370 g/mol. The Kier molecular flexibility index (Phi) is 6.63. The number of carbonyl (C=O) groups is 2. The molecular formula is C16H22F6O4. The first-order valence-electron chi connectivity index (χ1n) is 8.19. The molecule has 0 spiro atoms. The van der Waals surface area contributed by atoms with Crippen LogP contribution < -0.4 is 0 Å². The van der Waals surface area contributed by atoms with Crippen LogP contribution in [0.25, 0.3) is 0 Å². The summed E-state index contributed by atoms with van der Waals surface area (Å²) in [5.74, 6) is -2.36. The van der Waals surface area contributed by atoms with Crippen molar-refractivity contribution in [2.75, 3.05) is 0 Å². The fourth-order valence-electron chi connectivity index (χ4n) is 2.57. The number of rotatable bonds is 6. The third-order valence-electron chi connectivity index (χ3n) is 4.57. The maximum Gasteiger partial charge on any atom is 0.434 e. The average molecular weight is 392 g/mol. The van der Waals surface area contributed by atoms with Crippen LogP contribution in [-0.2, 0) is 19.1 Å². The molecule has 0 N–H and O–H groups in total. The third-order valence-corrected chi connectivity index (χ3v) is 4.57. The zero-order chi connectivity index (χ0) is 20.4. The normalized spacial score (nSPS) is 18.1. The van der Waals surface area contributed by atoms with Crippen molar-refractivity contribution in [2.24, 2.45) is 5.41 Å². The summed E-state index contributed by atoms with van der Waals surface area (Å²) in [5, 5.41) is 0. The van der Waals surface area contributed by atoms with Crippen LogP contribution >= 0.6 is 0 Å². The Bertz CT molecular complexity index is 504. The molecule has 26 heavy (non-hydrogen) atoms. The second-order valence-corrected chi connectivity index (χ2v) is 7.15. The molecule has 0 amide bonds. The van der Waals surface area contributed by atoms with E-state index in [0.717, 1.165) is 0 Å². The quantitative estimate of drug-likeness (QED) is 0.486. The topological polar surface area (TPSA) is 52.6 Å². The Hall–Kier alpha value is -1.48. The van der Waals surface area contributed by atoms with Crippen LogP contribution in [0.2, 0.25) is 0 Å². The SMILES string of the molecule is CCC(C)(C)C(=O)OC1(CC(=O)OC(C(F)(F)F)C(F)(F)F)CCCC1. The lowest BCUT2D eigenvalue weighted by Crippen LogP contribution is -2.47.